The summed E-state index contributed by atoms with van der Waals surface area (Å²) in [4.78, 5) is 32.3. The molecule has 1 N–H and O–H groups in total. The molecule has 3 rings (SSSR count). The average molecular weight is 496 g/mol. The maximum atomic E-state index is 13.5. The van der Waals surface area contributed by atoms with Crippen molar-refractivity contribution in [1.82, 2.24) is 9.80 Å². The molecule has 7 nitrogen and oxygen atoms in total. The highest BCUT2D eigenvalue weighted by Crippen LogP contribution is 2.20. The molecule has 0 saturated carbocycles. The molecule has 0 aliphatic rings. The van der Waals surface area contributed by atoms with E-state index in [0.717, 1.165) is 10.4 Å². The summed E-state index contributed by atoms with van der Waals surface area (Å²) in [5.41, 5.74) is 1.65. The number of rotatable bonds is 12. The standard InChI is InChI=1S/C27H33N3O4S/c1-21-13-14-25(35-21)19-30(18-22-9-5-4-6-10-22)26(31)20-29(15-8-16-33-2)27(32)28-23-11-7-12-24(17-23)34-3/h4-7,9-14,17H,8,15-16,18-20H2,1-3H3,(H,28,32). The molecular formula is C27H33N3O4S. The number of aryl methyl sites for hydroxylation is 1. The maximum absolute atomic E-state index is 13.5. The normalized spacial score (nSPS) is 10.6. The molecule has 0 radical (unpaired) electrons. The molecule has 0 fully saturated rings. The second-order valence-corrected chi connectivity index (χ2v) is 9.55. The van der Waals surface area contributed by atoms with Gasteiger partial charge in [0.2, 0.25) is 5.91 Å². The van der Waals surface area contributed by atoms with Crippen LogP contribution in [0.2, 0.25) is 0 Å². The SMILES string of the molecule is COCCCN(CC(=O)N(Cc1ccccc1)Cc1ccc(C)s1)C(=O)Nc1cccc(OC)c1. The van der Waals surface area contributed by atoms with Crippen LogP contribution in [0.5, 0.6) is 5.75 Å². The first kappa shape index (κ1) is 26.2. The first-order chi connectivity index (χ1) is 17.0. The number of nitrogens with zero attached hydrogens (tertiary/aromatic N) is 2. The van der Waals surface area contributed by atoms with Gasteiger partial charge in [-0.1, -0.05) is 36.4 Å². The van der Waals surface area contributed by atoms with Gasteiger partial charge in [-0.25, -0.2) is 4.79 Å². The molecule has 0 bridgehead atoms. The fourth-order valence-electron chi connectivity index (χ4n) is 3.61. The van der Waals surface area contributed by atoms with Crippen LogP contribution in [-0.4, -0.2) is 55.7 Å². The number of carbonyl (C=O) groups excluding carboxylic acids is 2. The van der Waals surface area contributed by atoms with E-state index in [9.17, 15) is 9.59 Å². The third-order valence-corrected chi connectivity index (χ3v) is 6.41. The largest absolute Gasteiger partial charge is 0.497 e. The van der Waals surface area contributed by atoms with Gasteiger partial charge in [0, 0.05) is 48.3 Å². The summed E-state index contributed by atoms with van der Waals surface area (Å²) in [6.07, 6.45) is 0.623. The Balaban J connectivity index is 1.75. The summed E-state index contributed by atoms with van der Waals surface area (Å²) >= 11 is 1.68. The first-order valence-electron chi connectivity index (χ1n) is 11.5. The number of hydrogen-bond acceptors (Lipinski definition) is 5. The molecule has 2 aromatic carbocycles. The lowest BCUT2D eigenvalue weighted by Crippen LogP contribution is -2.44. The molecule has 3 amide bonds. The van der Waals surface area contributed by atoms with Crippen LogP contribution in [0.3, 0.4) is 0 Å². The fourth-order valence-corrected chi connectivity index (χ4v) is 4.52. The molecule has 0 saturated heterocycles. The van der Waals surface area contributed by atoms with Gasteiger partial charge in [-0.05, 0) is 43.2 Å². The van der Waals surface area contributed by atoms with E-state index >= 15 is 0 Å². The third kappa shape index (κ3) is 8.42. The van der Waals surface area contributed by atoms with Gasteiger partial charge in [0.15, 0.2) is 0 Å². The Kier molecular flexibility index (Phi) is 10.1. The van der Waals surface area contributed by atoms with Crippen LogP contribution in [0.4, 0.5) is 10.5 Å². The number of methoxy groups -OCH3 is 2. The predicted molar refractivity (Wildman–Crippen MR) is 140 cm³/mol. The molecule has 0 spiro atoms. The Labute approximate surface area is 211 Å². The van der Waals surface area contributed by atoms with E-state index in [4.69, 9.17) is 9.47 Å². The van der Waals surface area contributed by atoms with Crippen molar-refractivity contribution < 1.29 is 19.1 Å². The van der Waals surface area contributed by atoms with Crippen molar-refractivity contribution >= 4 is 29.0 Å². The van der Waals surface area contributed by atoms with Gasteiger partial charge in [0.25, 0.3) is 0 Å². The molecule has 35 heavy (non-hydrogen) atoms. The first-order valence-corrected chi connectivity index (χ1v) is 12.4. The Morgan fingerprint density at radius 2 is 1.74 bits per heavy atom. The molecule has 3 aromatic rings. The van der Waals surface area contributed by atoms with Crippen LogP contribution in [0.25, 0.3) is 0 Å². The molecule has 0 aliphatic heterocycles. The van der Waals surface area contributed by atoms with Crippen molar-refractivity contribution in [3.05, 3.63) is 82.0 Å². The van der Waals surface area contributed by atoms with Gasteiger partial charge in [0.05, 0.1) is 13.7 Å². The summed E-state index contributed by atoms with van der Waals surface area (Å²) < 4.78 is 10.4. The zero-order valence-electron chi connectivity index (χ0n) is 20.5. The number of urea groups is 1. The van der Waals surface area contributed by atoms with Gasteiger partial charge in [-0.3, -0.25) is 4.79 Å². The second-order valence-electron chi connectivity index (χ2n) is 8.18. The third-order valence-electron chi connectivity index (χ3n) is 5.42. The fraction of sp³-hybridized carbons (Fsp3) is 0.333. The summed E-state index contributed by atoms with van der Waals surface area (Å²) in [5, 5.41) is 2.89. The van der Waals surface area contributed by atoms with E-state index in [2.05, 4.69) is 24.4 Å². The predicted octanol–water partition coefficient (Wildman–Crippen LogP) is 5.16. The van der Waals surface area contributed by atoms with Gasteiger partial charge in [0.1, 0.15) is 12.3 Å². The minimum absolute atomic E-state index is 0.0310. The zero-order chi connectivity index (χ0) is 25.0. The maximum Gasteiger partial charge on any atom is 0.322 e. The second kappa shape index (κ2) is 13.5. The number of carbonyl (C=O) groups is 2. The van der Waals surface area contributed by atoms with Crippen LogP contribution in [0.1, 0.15) is 21.7 Å². The summed E-state index contributed by atoms with van der Waals surface area (Å²) in [6, 6.07) is 20.8. The van der Waals surface area contributed by atoms with Gasteiger partial charge < -0.3 is 24.6 Å². The summed E-state index contributed by atoms with van der Waals surface area (Å²) in [5.74, 6) is 0.531. The number of amides is 3. The van der Waals surface area contributed by atoms with Crippen LogP contribution in [0, 0.1) is 6.92 Å². The van der Waals surface area contributed by atoms with Crippen molar-refractivity contribution in [2.24, 2.45) is 0 Å². The Morgan fingerprint density at radius 3 is 2.43 bits per heavy atom. The Morgan fingerprint density at radius 1 is 0.943 bits per heavy atom. The lowest BCUT2D eigenvalue weighted by Gasteiger charge is -2.28. The highest BCUT2D eigenvalue weighted by atomic mass is 32.1. The number of hydrogen-bond donors (Lipinski definition) is 1. The smallest absolute Gasteiger partial charge is 0.322 e. The van der Waals surface area contributed by atoms with Crippen molar-refractivity contribution in [2.45, 2.75) is 26.4 Å². The summed E-state index contributed by atoms with van der Waals surface area (Å²) in [6.45, 7) is 3.89. The summed E-state index contributed by atoms with van der Waals surface area (Å²) in [7, 11) is 3.20. The van der Waals surface area contributed by atoms with Crippen LogP contribution < -0.4 is 10.1 Å². The molecule has 8 heteroatoms. The van der Waals surface area contributed by atoms with Gasteiger partial charge in [-0.15, -0.1) is 11.3 Å². The minimum atomic E-state index is -0.339. The van der Waals surface area contributed by atoms with E-state index in [-0.39, 0.29) is 18.5 Å². The molecule has 1 heterocycles. The number of benzene rings is 2. The molecule has 0 atom stereocenters. The van der Waals surface area contributed by atoms with Crippen molar-refractivity contribution in [2.75, 3.05) is 39.2 Å². The molecular weight excluding hydrogens is 462 g/mol. The van der Waals surface area contributed by atoms with E-state index < -0.39 is 0 Å². The lowest BCUT2D eigenvalue weighted by molar-refractivity contribution is -0.133. The van der Waals surface area contributed by atoms with E-state index in [1.54, 1.807) is 48.7 Å². The topological polar surface area (TPSA) is 71.1 Å². The van der Waals surface area contributed by atoms with Gasteiger partial charge in [-0.2, -0.15) is 0 Å². The molecule has 0 unspecified atom stereocenters. The zero-order valence-corrected chi connectivity index (χ0v) is 21.3. The highest BCUT2D eigenvalue weighted by molar-refractivity contribution is 7.11. The van der Waals surface area contributed by atoms with Crippen LogP contribution >= 0.6 is 11.3 Å². The highest BCUT2D eigenvalue weighted by Gasteiger charge is 2.22. The van der Waals surface area contributed by atoms with Crippen molar-refractivity contribution in [3.8, 4) is 5.75 Å². The quantitative estimate of drug-likeness (QED) is 0.352. The van der Waals surface area contributed by atoms with Crippen LogP contribution in [-0.2, 0) is 22.6 Å². The number of anilines is 1. The monoisotopic (exact) mass is 495 g/mol. The Bertz CT molecular complexity index is 1090. The van der Waals surface area contributed by atoms with Crippen molar-refractivity contribution in [3.63, 3.8) is 0 Å². The minimum Gasteiger partial charge on any atom is -0.497 e. The molecule has 0 aliphatic carbocycles. The molecule has 186 valence electrons. The number of thiophene rings is 1. The van der Waals surface area contributed by atoms with Gasteiger partial charge >= 0.3 is 6.03 Å². The number of ether oxygens (including phenoxy) is 2. The van der Waals surface area contributed by atoms with Crippen molar-refractivity contribution in [1.29, 1.82) is 0 Å². The Hall–Kier alpha value is -3.36. The lowest BCUT2D eigenvalue weighted by atomic mass is 10.2. The van der Waals surface area contributed by atoms with Crippen LogP contribution in [0.15, 0.2) is 66.7 Å². The van der Waals surface area contributed by atoms with E-state index in [1.165, 1.54) is 4.88 Å². The average Bonchev–Trinajstić information content (AvgIpc) is 3.28. The van der Waals surface area contributed by atoms with E-state index in [1.807, 2.05) is 41.3 Å². The number of nitrogens with one attached hydrogen (secondary N) is 1. The molecule has 1 aromatic heterocycles. The van der Waals surface area contributed by atoms with E-state index in [0.29, 0.717) is 44.1 Å².